The van der Waals surface area contributed by atoms with Gasteiger partial charge < -0.3 is 10.4 Å². The fourth-order valence-electron chi connectivity index (χ4n) is 2.90. The maximum atomic E-state index is 13.3. The molecular weight excluding hydrogens is 313 g/mol. The number of aliphatic hydroxyl groups is 1. The number of hydrogen-bond donors (Lipinski definition) is 2. The van der Waals surface area contributed by atoms with E-state index in [-0.39, 0.29) is 5.82 Å². The van der Waals surface area contributed by atoms with Crippen LogP contribution in [0.5, 0.6) is 0 Å². The van der Waals surface area contributed by atoms with Crippen molar-refractivity contribution in [1.29, 1.82) is 0 Å². The van der Waals surface area contributed by atoms with Gasteiger partial charge in [-0.3, -0.25) is 0 Å². The van der Waals surface area contributed by atoms with E-state index < -0.39 is 5.60 Å². The van der Waals surface area contributed by atoms with Crippen LogP contribution in [-0.2, 0) is 12.1 Å². The smallest absolute Gasteiger partial charge is 0.127 e. The molecule has 0 aliphatic rings. The fraction of sp³-hybridized carbons (Fsp3) is 0.182. The summed E-state index contributed by atoms with van der Waals surface area (Å²) in [5, 5.41) is 14.7. The Kier molecular flexibility index (Phi) is 5.27. The third-order valence-corrected chi connectivity index (χ3v) is 4.40. The average molecular weight is 335 g/mol. The normalized spacial score (nSPS) is 13.4. The van der Waals surface area contributed by atoms with Crippen molar-refractivity contribution in [2.45, 2.75) is 19.1 Å². The van der Waals surface area contributed by atoms with Gasteiger partial charge in [0, 0.05) is 13.1 Å². The second kappa shape index (κ2) is 7.60. The van der Waals surface area contributed by atoms with Crippen LogP contribution < -0.4 is 5.32 Å². The molecular formula is C22H22FNO. The summed E-state index contributed by atoms with van der Waals surface area (Å²) < 4.78 is 13.3. The molecule has 1 atom stereocenters. The van der Waals surface area contributed by atoms with Crippen LogP contribution in [0.4, 0.5) is 4.39 Å². The molecule has 3 heteroatoms. The fourth-order valence-corrected chi connectivity index (χ4v) is 2.90. The van der Waals surface area contributed by atoms with E-state index in [1.807, 2.05) is 30.3 Å². The molecule has 0 amide bonds. The SMILES string of the molecule is Cc1ccc(CNCC(O)(c2ccccc2)c2ccc(F)cc2)cc1. The van der Waals surface area contributed by atoms with E-state index >= 15 is 0 Å². The quantitative estimate of drug-likeness (QED) is 0.709. The van der Waals surface area contributed by atoms with Crippen molar-refractivity contribution in [2.75, 3.05) is 6.54 Å². The molecule has 3 aromatic rings. The van der Waals surface area contributed by atoms with E-state index in [0.717, 1.165) is 11.1 Å². The molecule has 0 spiro atoms. The van der Waals surface area contributed by atoms with Crippen molar-refractivity contribution in [3.63, 3.8) is 0 Å². The maximum absolute atomic E-state index is 13.3. The summed E-state index contributed by atoms with van der Waals surface area (Å²) in [6, 6.07) is 23.8. The third-order valence-electron chi connectivity index (χ3n) is 4.40. The Bertz CT molecular complexity index is 800. The van der Waals surface area contributed by atoms with Gasteiger partial charge in [-0.2, -0.15) is 0 Å². The molecule has 3 rings (SSSR count). The third kappa shape index (κ3) is 4.13. The summed E-state index contributed by atoms with van der Waals surface area (Å²) in [5.41, 5.74) is 2.59. The van der Waals surface area contributed by atoms with E-state index in [2.05, 4.69) is 36.5 Å². The Morgan fingerprint density at radius 2 is 1.44 bits per heavy atom. The number of benzene rings is 3. The highest BCUT2D eigenvalue weighted by Gasteiger charge is 2.31. The zero-order valence-corrected chi connectivity index (χ0v) is 14.2. The first-order valence-corrected chi connectivity index (χ1v) is 8.38. The van der Waals surface area contributed by atoms with Crippen LogP contribution in [0.15, 0.2) is 78.9 Å². The lowest BCUT2D eigenvalue weighted by molar-refractivity contribution is 0.0795. The Labute approximate surface area is 148 Å². The lowest BCUT2D eigenvalue weighted by Gasteiger charge is -2.30. The highest BCUT2D eigenvalue weighted by Crippen LogP contribution is 2.29. The van der Waals surface area contributed by atoms with Crippen LogP contribution in [0.3, 0.4) is 0 Å². The topological polar surface area (TPSA) is 32.3 Å². The van der Waals surface area contributed by atoms with Crippen molar-refractivity contribution in [2.24, 2.45) is 0 Å². The van der Waals surface area contributed by atoms with E-state index in [1.54, 1.807) is 12.1 Å². The highest BCUT2D eigenvalue weighted by molar-refractivity contribution is 5.36. The van der Waals surface area contributed by atoms with Crippen LogP contribution in [0.1, 0.15) is 22.3 Å². The van der Waals surface area contributed by atoms with Gasteiger partial charge in [0.1, 0.15) is 11.4 Å². The number of hydrogen-bond acceptors (Lipinski definition) is 2. The van der Waals surface area contributed by atoms with E-state index in [1.165, 1.54) is 17.7 Å². The zero-order chi connectivity index (χ0) is 17.7. The van der Waals surface area contributed by atoms with Gasteiger partial charge in [0.15, 0.2) is 0 Å². The van der Waals surface area contributed by atoms with E-state index in [4.69, 9.17) is 0 Å². The second-order valence-electron chi connectivity index (χ2n) is 6.32. The van der Waals surface area contributed by atoms with Crippen LogP contribution >= 0.6 is 0 Å². The van der Waals surface area contributed by atoms with Crippen molar-refractivity contribution in [3.05, 3.63) is 107 Å². The highest BCUT2D eigenvalue weighted by atomic mass is 19.1. The van der Waals surface area contributed by atoms with Crippen molar-refractivity contribution >= 4 is 0 Å². The summed E-state index contributed by atoms with van der Waals surface area (Å²) in [5.74, 6) is -0.313. The van der Waals surface area contributed by atoms with Crippen molar-refractivity contribution in [3.8, 4) is 0 Å². The lowest BCUT2D eigenvalue weighted by Crippen LogP contribution is -2.39. The summed E-state index contributed by atoms with van der Waals surface area (Å²) in [6.07, 6.45) is 0. The predicted octanol–water partition coefficient (Wildman–Crippen LogP) is 4.16. The van der Waals surface area contributed by atoms with Crippen LogP contribution in [-0.4, -0.2) is 11.7 Å². The predicted molar refractivity (Wildman–Crippen MR) is 98.7 cm³/mol. The molecule has 25 heavy (non-hydrogen) atoms. The Hall–Kier alpha value is -2.49. The monoisotopic (exact) mass is 335 g/mol. The Morgan fingerprint density at radius 3 is 2.08 bits per heavy atom. The molecule has 2 nitrogen and oxygen atoms in total. The first-order chi connectivity index (χ1) is 12.1. The minimum absolute atomic E-state index is 0.313. The van der Waals surface area contributed by atoms with E-state index in [9.17, 15) is 9.50 Å². The molecule has 0 aliphatic heterocycles. The van der Waals surface area contributed by atoms with E-state index in [0.29, 0.717) is 18.7 Å². The molecule has 1 unspecified atom stereocenters. The molecule has 3 aromatic carbocycles. The molecule has 0 aromatic heterocycles. The van der Waals surface area contributed by atoms with Crippen LogP contribution in [0, 0.1) is 12.7 Å². The first-order valence-electron chi connectivity index (χ1n) is 8.38. The van der Waals surface area contributed by atoms with Crippen LogP contribution in [0.2, 0.25) is 0 Å². The van der Waals surface area contributed by atoms with Gasteiger partial charge in [0.05, 0.1) is 0 Å². The zero-order valence-electron chi connectivity index (χ0n) is 14.2. The van der Waals surface area contributed by atoms with Gasteiger partial charge in [-0.15, -0.1) is 0 Å². The molecule has 128 valence electrons. The molecule has 0 fully saturated rings. The molecule has 0 bridgehead atoms. The summed E-state index contributed by atoms with van der Waals surface area (Å²) in [4.78, 5) is 0. The van der Waals surface area contributed by atoms with Crippen molar-refractivity contribution in [1.82, 2.24) is 5.32 Å². The molecule has 0 saturated heterocycles. The summed E-state index contributed by atoms with van der Waals surface area (Å²) >= 11 is 0. The first kappa shape index (κ1) is 17.3. The number of aryl methyl sites for hydroxylation is 1. The van der Waals surface area contributed by atoms with Crippen LogP contribution in [0.25, 0.3) is 0 Å². The summed E-state index contributed by atoms with van der Waals surface area (Å²) in [7, 11) is 0. The van der Waals surface area contributed by atoms with Gasteiger partial charge >= 0.3 is 0 Å². The summed E-state index contributed by atoms with van der Waals surface area (Å²) in [6.45, 7) is 3.03. The standard InChI is InChI=1S/C22H22FNO/c1-17-7-9-18(10-8-17)15-24-16-22(25,19-5-3-2-4-6-19)20-11-13-21(23)14-12-20/h2-14,24-25H,15-16H2,1H3. The van der Waals surface area contributed by atoms with Crippen molar-refractivity contribution < 1.29 is 9.50 Å². The van der Waals surface area contributed by atoms with Gasteiger partial charge in [0.2, 0.25) is 0 Å². The molecule has 0 saturated carbocycles. The largest absolute Gasteiger partial charge is 0.379 e. The minimum Gasteiger partial charge on any atom is -0.379 e. The van der Waals surface area contributed by atoms with Gasteiger partial charge in [-0.25, -0.2) is 4.39 Å². The average Bonchev–Trinajstić information content (AvgIpc) is 2.64. The second-order valence-corrected chi connectivity index (χ2v) is 6.32. The minimum atomic E-state index is -1.22. The number of halogens is 1. The molecule has 0 radical (unpaired) electrons. The van der Waals surface area contributed by atoms with Gasteiger partial charge in [-0.1, -0.05) is 72.3 Å². The molecule has 2 N–H and O–H groups in total. The maximum Gasteiger partial charge on any atom is 0.127 e. The van der Waals surface area contributed by atoms with Gasteiger partial charge in [-0.05, 0) is 35.7 Å². The molecule has 0 heterocycles. The lowest BCUT2D eigenvalue weighted by atomic mass is 9.86. The molecule has 0 aliphatic carbocycles. The number of rotatable bonds is 6. The van der Waals surface area contributed by atoms with Gasteiger partial charge in [0.25, 0.3) is 0 Å². The Balaban J connectivity index is 1.81. The Morgan fingerprint density at radius 1 is 0.840 bits per heavy atom. The number of nitrogens with one attached hydrogen (secondary N) is 1.